The van der Waals surface area contributed by atoms with Gasteiger partial charge >= 0.3 is 0 Å². The molecule has 0 amide bonds. The first-order chi connectivity index (χ1) is 15.3. The van der Waals surface area contributed by atoms with E-state index in [1.807, 2.05) is 24.3 Å². The second-order valence-electron chi connectivity index (χ2n) is 9.69. The Kier molecular flexibility index (Phi) is 4.86. The van der Waals surface area contributed by atoms with E-state index in [4.69, 9.17) is 5.26 Å². The SMILES string of the molecule is CC12CCC(C)(CC(CNc3ccc(-c4ccc(-n5cc(C#N)cn5)cc4O)nn3)C1)N2. The van der Waals surface area contributed by atoms with Crippen LogP contribution in [0.3, 0.4) is 0 Å². The number of nitriles is 1. The zero-order valence-corrected chi connectivity index (χ0v) is 18.3. The molecule has 3 N–H and O–H groups in total. The molecule has 8 nitrogen and oxygen atoms in total. The Morgan fingerprint density at radius 1 is 1.19 bits per heavy atom. The predicted molar refractivity (Wildman–Crippen MR) is 121 cm³/mol. The van der Waals surface area contributed by atoms with Crippen molar-refractivity contribution < 1.29 is 5.11 Å². The van der Waals surface area contributed by atoms with Gasteiger partial charge in [-0.25, -0.2) is 4.68 Å². The maximum absolute atomic E-state index is 10.5. The minimum atomic E-state index is 0.0817. The van der Waals surface area contributed by atoms with Gasteiger partial charge in [0, 0.05) is 35.4 Å². The first kappa shape index (κ1) is 20.5. The highest BCUT2D eigenvalue weighted by molar-refractivity contribution is 5.68. The maximum Gasteiger partial charge on any atom is 0.148 e. The number of hydrogen-bond donors (Lipinski definition) is 3. The van der Waals surface area contributed by atoms with Crippen LogP contribution in [0.2, 0.25) is 0 Å². The van der Waals surface area contributed by atoms with E-state index >= 15 is 0 Å². The lowest BCUT2D eigenvalue weighted by Gasteiger charge is -2.42. The summed E-state index contributed by atoms with van der Waals surface area (Å²) in [6.07, 6.45) is 7.94. The third-order valence-electron chi connectivity index (χ3n) is 6.78. The molecule has 0 aliphatic carbocycles. The lowest BCUT2D eigenvalue weighted by atomic mass is 9.80. The Morgan fingerprint density at radius 3 is 2.59 bits per heavy atom. The molecular weight excluding hydrogens is 402 g/mol. The minimum Gasteiger partial charge on any atom is -0.507 e. The molecule has 0 spiro atoms. The van der Waals surface area contributed by atoms with E-state index in [-0.39, 0.29) is 16.8 Å². The second kappa shape index (κ2) is 7.61. The fraction of sp³-hybridized carbons (Fsp3) is 0.417. The number of benzene rings is 1. The number of phenolic OH excluding ortho intramolecular Hbond substituents is 1. The fourth-order valence-corrected chi connectivity index (χ4v) is 5.42. The van der Waals surface area contributed by atoms with Crippen LogP contribution in [-0.4, -0.2) is 42.7 Å². The monoisotopic (exact) mass is 429 g/mol. The summed E-state index contributed by atoms with van der Waals surface area (Å²) in [5, 5.41) is 39.5. The van der Waals surface area contributed by atoms with Crippen molar-refractivity contribution in [2.24, 2.45) is 5.92 Å². The highest BCUT2D eigenvalue weighted by Gasteiger charge is 2.48. The number of nitrogens with one attached hydrogen (secondary N) is 2. The van der Waals surface area contributed by atoms with Crippen LogP contribution < -0.4 is 10.6 Å². The summed E-state index contributed by atoms with van der Waals surface area (Å²) in [6.45, 7) is 5.56. The average molecular weight is 430 g/mol. The van der Waals surface area contributed by atoms with Gasteiger partial charge in [-0.1, -0.05) is 0 Å². The van der Waals surface area contributed by atoms with E-state index in [2.05, 4.69) is 39.8 Å². The largest absolute Gasteiger partial charge is 0.507 e. The van der Waals surface area contributed by atoms with Gasteiger partial charge in [0.05, 0.1) is 23.1 Å². The van der Waals surface area contributed by atoms with Crippen LogP contribution in [0.25, 0.3) is 16.9 Å². The van der Waals surface area contributed by atoms with Crippen molar-refractivity contribution in [2.75, 3.05) is 11.9 Å². The number of aromatic nitrogens is 4. The number of fused-ring (bicyclic) bond motifs is 2. The molecule has 2 atom stereocenters. The molecule has 2 unspecified atom stereocenters. The van der Waals surface area contributed by atoms with Crippen molar-refractivity contribution in [1.82, 2.24) is 25.3 Å². The molecule has 32 heavy (non-hydrogen) atoms. The number of phenols is 1. The van der Waals surface area contributed by atoms with E-state index in [0.717, 1.165) is 12.4 Å². The van der Waals surface area contributed by atoms with Crippen LogP contribution in [0.5, 0.6) is 5.75 Å². The molecule has 2 aliphatic rings. The number of rotatable bonds is 5. The van der Waals surface area contributed by atoms with E-state index in [0.29, 0.717) is 28.4 Å². The van der Waals surface area contributed by atoms with E-state index in [1.54, 1.807) is 23.0 Å². The van der Waals surface area contributed by atoms with Crippen LogP contribution in [0.1, 0.15) is 45.1 Å². The molecule has 0 saturated carbocycles. The minimum absolute atomic E-state index is 0.0817. The molecular formula is C24H27N7O. The number of aromatic hydroxyl groups is 1. The number of piperidine rings is 1. The molecule has 0 radical (unpaired) electrons. The van der Waals surface area contributed by atoms with Crippen LogP contribution in [0, 0.1) is 17.2 Å². The van der Waals surface area contributed by atoms with Gasteiger partial charge in [0.2, 0.25) is 0 Å². The highest BCUT2D eigenvalue weighted by Crippen LogP contribution is 2.44. The summed E-state index contributed by atoms with van der Waals surface area (Å²) in [4.78, 5) is 0. The van der Waals surface area contributed by atoms with Crippen LogP contribution in [0.4, 0.5) is 5.82 Å². The van der Waals surface area contributed by atoms with Crippen molar-refractivity contribution >= 4 is 5.82 Å². The first-order valence-corrected chi connectivity index (χ1v) is 11.0. The van der Waals surface area contributed by atoms with Crippen LogP contribution in [-0.2, 0) is 0 Å². The van der Waals surface area contributed by atoms with Gasteiger partial charge < -0.3 is 15.7 Å². The standard InChI is InChI=1S/C24H27N7O/c1-23-7-8-24(2,30-23)11-16(10-23)13-26-22-6-5-20(28-29-22)19-4-3-18(9-21(19)32)31-15-17(12-25)14-27-31/h3-6,9,14-16,30,32H,7-8,10-11,13H2,1-2H3,(H,26,29). The summed E-state index contributed by atoms with van der Waals surface area (Å²) >= 11 is 0. The van der Waals surface area contributed by atoms with Crippen LogP contribution in [0.15, 0.2) is 42.7 Å². The van der Waals surface area contributed by atoms with E-state index < -0.39 is 0 Å². The third kappa shape index (κ3) is 3.92. The van der Waals surface area contributed by atoms with Crippen molar-refractivity contribution in [3.05, 3.63) is 48.3 Å². The Bertz CT molecular complexity index is 1160. The van der Waals surface area contributed by atoms with Gasteiger partial charge in [0.1, 0.15) is 17.6 Å². The summed E-state index contributed by atoms with van der Waals surface area (Å²) in [6, 6.07) is 11.0. The topological polar surface area (TPSA) is 112 Å². The molecule has 2 fully saturated rings. The van der Waals surface area contributed by atoms with Gasteiger partial charge in [-0.2, -0.15) is 10.4 Å². The summed E-state index contributed by atoms with van der Waals surface area (Å²) in [7, 11) is 0. The Hall–Kier alpha value is -3.44. The smallest absolute Gasteiger partial charge is 0.148 e. The average Bonchev–Trinajstić information content (AvgIpc) is 3.34. The van der Waals surface area contributed by atoms with E-state index in [1.165, 1.54) is 31.9 Å². The zero-order valence-electron chi connectivity index (χ0n) is 18.3. The van der Waals surface area contributed by atoms with Crippen molar-refractivity contribution in [3.63, 3.8) is 0 Å². The molecule has 1 aromatic carbocycles. The van der Waals surface area contributed by atoms with Crippen molar-refractivity contribution in [3.8, 4) is 28.8 Å². The van der Waals surface area contributed by atoms with Crippen molar-refractivity contribution in [1.29, 1.82) is 5.26 Å². The second-order valence-corrected chi connectivity index (χ2v) is 9.69. The third-order valence-corrected chi connectivity index (χ3v) is 6.78. The molecule has 2 bridgehead atoms. The predicted octanol–water partition coefficient (Wildman–Crippen LogP) is 3.63. The van der Waals surface area contributed by atoms with Crippen molar-refractivity contribution in [2.45, 2.75) is 50.6 Å². The first-order valence-electron chi connectivity index (χ1n) is 11.0. The van der Waals surface area contributed by atoms with Gasteiger partial charge in [-0.05, 0) is 69.7 Å². The molecule has 5 rings (SSSR count). The van der Waals surface area contributed by atoms with Gasteiger partial charge in [-0.15, -0.1) is 10.2 Å². The van der Waals surface area contributed by atoms with E-state index in [9.17, 15) is 5.11 Å². The molecule has 4 heterocycles. The molecule has 8 heteroatoms. The maximum atomic E-state index is 10.5. The Labute approximate surface area is 187 Å². The number of nitrogens with zero attached hydrogens (tertiary/aromatic N) is 5. The quantitative estimate of drug-likeness (QED) is 0.568. The molecule has 2 saturated heterocycles. The Balaban J connectivity index is 1.25. The van der Waals surface area contributed by atoms with Gasteiger partial charge in [0.15, 0.2) is 0 Å². The normalized spacial score (nSPS) is 26.6. The molecule has 2 aliphatic heterocycles. The highest BCUT2D eigenvalue weighted by atomic mass is 16.3. The fourth-order valence-electron chi connectivity index (χ4n) is 5.42. The van der Waals surface area contributed by atoms with Gasteiger partial charge in [-0.3, -0.25) is 0 Å². The van der Waals surface area contributed by atoms with Crippen LogP contribution >= 0.6 is 0 Å². The van der Waals surface area contributed by atoms with Gasteiger partial charge in [0.25, 0.3) is 0 Å². The number of anilines is 1. The lowest BCUT2D eigenvalue weighted by Crippen LogP contribution is -2.54. The molecule has 3 aromatic rings. The number of hydrogen-bond acceptors (Lipinski definition) is 7. The summed E-state index contributed by atoms with van der Waals surface area (Å²) < 4.78 is 1.55. The summed E-state index contributed by atoms with van der Waals surface area (Å²) in [5.74, 6) is 1.43. The summed E-state index contributed by atoms with van der Waals surface area (Å²) in [5.41, 5.74) is 2.82. The molecule has 164 valence electrons. The molecule has 2 aromatic heterocycles. The lowest BCUT2D eigenvalue weighted by molar-refractivity contribution is 0.178. The Morgan fingerprint density at radius 2 is 1.97 bits per heavy atom. The zero-order chi connectivity index (χ0) is 22.3.